The van der Waals surface area contributed by atoms with Crippen LogP contribution in [0.15, 0.2) is 28.9 Å². The summed E-state index contributed by atoms with van der Waals surface area (Å²) in [6.07, 6.45) is 3.94. The van der Waals surface area contributed by atoms with Crippen molar-refractivity contribution in [3.8, 4) is 11.5 Å². The lowest BCUT2D eigenvalue weighted by molar-refractivity contribution is 0.507. The van der Waals surface area contributed by atoms with Crippen molar-refractivity contribution in [1.29, 1.82) is 0 Å². The molecule has 0 unspecified atom stereocenters. The van der Waals surface area contributed by atoms with Crippen molar-refractivity contribution in [3.63, 3.8) is 0 Å². The fourth-order valence-electron chi connectivity index (χ4n) is 1.69. The Kier molecular flexibility index (Phi) is 2.83. The van der Waals surface area contributed by atoms with Gasteiger partial charge in [0.05, 0.1) is 5.69 Å². The molecule has 0 saturated heterocycles. The second-order valence-electron chi connectivity index (χ2n) is 4.43. The number of benzene rings is 1. The normalized spacial score (nSPS) is 15.0. The standard InChI is InChI=1S/C13H12F2N2O/c14-11-4-1-8(5-12(11)15)13-17-10(7-18-13)6-16-9-2-3-9/h1,4-5,7,9,16H,2-3,6H2. The number of aromatic nitrogens is 1. The first-order valence-electron chi connectivity index (χ1n) is 5.85. The number of nitrogens with one attached hydrogen (secondary N) is 1. The zero-order chi connectivity index (χ0) is 12.5. The SMILES string of the molecule is Fc1ccc(-c2nc(CNC3CC3)co2)cc1F. The lowest BCUT2D eigenvalue weighted by Gasteiger charge is -1.97. The first-order chi connectivity index (χ1) is 8.72. The highest BCUT2D eigenvalue weighted by atomic mass is 19.2. The molecular formula is C13H12F2N2O. The monoisotopic (exact) mass is 250 g/mol. The topological polar surface area (TPSA) is 38.1 Å². The molecule has 0 amide bonds. The van der Waals surface area contributed by atoms with Crippen molar-refractivity contribution in [3.05, 3.63) is 41.8 Å². The van der Waals surface area contributed by atoms with Crippen molar-refractivity contribution in [2.24, 2.45) is 0 Å². The van der Waals surface area contributed by atoms with E-state index in [-0.39, 0.29) is 0 Å². The first kappa shape index (κ1) is 11.3. The van der Waals surface area contributed by atoms with Crippen LogP contribution in [-0.4, -0.2) is 11.0 Å². The molecule has 18 heavy (non-hydrogen) atoms. The molecule has 2 aromatic rings. The van der Waals surface area contributed by atoms with E-state index < -0.39 is 11.6 Å². The summed E-state index contributed by atoms with van der Waals surface area (Å²) < 4.78 is 31.1. The van der Waals surface area contributed by atoms with Crippen LogP contribution >= 0.6 is 0 Å². The van der Waals surface area contributed by atoms with Crippen LogP contribution in [0.1, 0.15) is 18.5 Å². The lowest BCUT2D eigenvalue weighted by atomic mass is 10.2. The molecular weight excluding hydrogens is 238 g/mol. The summed E-state index contributed by atoms with van der Waals surface area (Å²) in [5.74, 6) is -1.47. The summed E-state index contributed by atoms with van der Waals surface area (Å²) in [6.45, 7) is 0.637. The third-order valence-corrected chi connectivity index (χ3v) is 2.87. The van der Waals surface area contributed by atoms with Crippen molar-refractivity contribution < 1.29 is 13.2 Å². The summed E-state index contributed by atoms with van der Waals surface area (Å²) in [5.41, 5.74) is 1.20. The summed E-state index contributed by atoms with van der Waals surface area (Å²) in [7, 11) is 0. The van der Waals surface area contributed by atoms with Gasteiger partial charge in [0.15, 0.2) is 11.6 Å². The van der Waals surface area contributed by atoms with Crippen LogP contribution in [0.2, 0.25) is 0 Å². The molecule has 0 spiro atoms. The van der Waals surface area contributed by atoms with Crippen LogP contribution in [-0.2, 0) is 6.54 Å². The number of nitrogens with zero attached hydrogens (tertiary/aromatic N) is 1. The number of hydrogen-bond donors (Lipinski definition) is 1. The van der Waals surface area contributed by atoms with Gasteiger partial charge >= 0.3 is 0 Å². The molecule has 1 aromatic carbocycles. The van der Waals surface area contributed by atoms with Crippen LogP contribution in [0.25, 0.3) is 11.5 Å². The average Bonchev–Trinajstić information content (AvgIpc) is 3.08. The molecule has 3 nitrogen and oxygen atoms in total. The van der Waals surface area contributed by atoms with Crippen molar-refractivity contribution in [2.75, 3.05) is 0 Å². The van der Waals surface area contributed by atoms with E-state index in [9.17, 15) is 8.78 Å². The fourth-order valence-corrected chi connectivity index (χ4v) is 1.69. The summed E-state index contributed by atoms with van der Waals surface area (Å²) in [6, 6.07) is 4.19. The highest BCUT2D eigenvalue weighted by molar-refractivity contribution is 5.53. The van der Waals surface area contributed by atoms with E-state index >= 15 is 0 Å². The number of oxazole rings is 1. The molecule has 3 rings (SSSR count). The minimum absolute atomic E-state index is 0.307. The number of halogens is 2. The maximum absolute atomic E-state index is 13.1. The third-order valence-electron chi connectivity index (χ3n) is 2.87. The van der Waals surface area contributed by atoms with Crippen molar-refractivity contribution >= 4 is 0 Å². The Hall–Kier alpha value is -1.75. The molecule has 1 saturated carbocycles. The van der Waals surface area contributed by atoms with E-state index in [0.29, 0.717) is 24.0 Å². The van der Waals surface area contributed by atoms with Gasteiger partial charge < -0.3 is 9.73 Å². The van der Waals surface area contributed by atoms with E-state index in [4.69, 9.17) is 4.42 Å². The zero-order valence-electron chi connectivity index (χ0n) is 9.62. The van der Waals surface area contributed by atoms with Crippen LogP contribution < -0.4 is 5.32 Å². The summed E-state index contributed by atoms with van der Waals surface area (Å²) in [4.78, 5) is 4.23. The molecule has 1 N–H and O–H groups in total. The van der Waals surface area contributed by atoms with Gasteiger partial charge in [-0.25, -0.2) is 13.8 Å². The predicted octanol–water partition coefficient (Wildman–Crippen LogP) is 2.87. The molecule has 1 heterocycles. The molecule has 0 aliphatic heterocycles. The fraction of sp³-hybridized carbons (Fsp3) is 0.308. The van der Waals surface area contributed by atoms with Crippen LogP contribution in [0, 0.1) is 11.6 Å². The first-order valence-corrected chi connectivity index (χ1v) is 5.85. The van der Waals surface area contributed by atoms with Crippen molar-refractivity contribution in [1.82, 2.24) is 10.3 Å². The van der Waals surface area contributed by atoms with Gasteiger partial charge in [0.25, 0.3) is 0 Å². The van der Waals surface area contributed by atoms with Crippen LogP contribution in [0.5, 0.6) is 0 Å². The van der Waals surface area contributed by atoms with E-state index in [0.717, 1.165) is 17.8 Å². The molecule has 1 aliphatic carbocycles. The molecule has 94 valence electrons. The van der Waals surface area contributed by atoms with Gasteiger partial charge in [0.2, 0.25) is 5.89 Å². The smallest absolute Gasteiger partial charge is 0.226 e. The Balaban J connectivity index is 1.76. The molecule has 1 aromatic heterocycles. The lowest BCUT2D eigenvalue weighted by Crippen LogP contribution is -2.15. The maximum Gasteiger partial charge on any atom is 0.226 e. The Morgan fingerprint density at radius 1 is 1.28 bits per heavy atom. The second kappa shape index (κ2) is 4.49. The Morgan fingerprint density at radius 2 is 2.11 bits per heavy atom. The summed E-state index contributed by atoms with van der Waals surface area (Å²) >= 11 is 0. The number of hydrogen-bond acceptors (Lipinski definition) is 3. The van der Waals surface area contributed by atoms with Gasteiger partial charge in [-0.15, -0.1) is 0 Å². The van der Waals surface area contributed by atoms with E-state index in [1.54, 1.807) is 0 Å². The largest absolute Gasteiger partial charge is 0.444 e. The van der Waals surface area contributed by atoms with Crippen LogP contribution in [0.4, 0.5) is 8.78 Å². The van der Waals surface area contributed by atoms with Crippen LogP contribution in [0.3, 0.4) is 0 Å². The molecule has 0 atom stereocenters. The van der Waals surface area contributed by atoms with E-state index in [2.05, 4.69) is 10.3 Å². The van der Waals surface area contributed by atoms with Gasteiger partial charge in [0.1, 0.15) is 6.26 Å². The Bertz CT molecular complexity index is 564. The quantitative estimate of drug-likeness (QED) is 0.906. The second-order valence-corrected chi connectivity index (χ2v) is 4.43. The van der Waals surface area contributed by atoms with E-state index in [1.807, 2.05) is 0 Å². The molecule has 1 fully saturated rings. The predicted molar refractivity (Wildman–Crippen MR) is 61.7 cm³/mol. The molecule has 0 bridgehead atoms. The Labute approximate surface area is 103 Å². The average molecular weight is 250 g/mol. The zero-order valence-corrected chi connectivity index (χ0v) is 9.62. The summed E-state index contributed by atoms with van der Waals surface area (Å²) in [5, 5.41) is 3.30. The molecule has 1 aliphatic rings. The molecule has 0 radical (unpaired) electrons. The highest BCUT2D eigenvalue weighted by Crippen LogP contribution is 2.22. The van der Waals surface area contributed by atoms with Gasteiger partial charge in [-0.1, -0.05) is 0 Å². The third kappa shape index (κ3) is 2.41. The van der Waals surface area contributed by atoms with Gasteiger partial charge in [-0.3, -0.25) is 0 Å². The number of rotatable bonds is 4. The van der Waals surface area contributed by atoms with Crippen molar-refractivity contribution in [2.45, 2.75) is 25.4 Å². The van der Waals surface area contributed by atoms with E-state index in [1.165, 1.54) is 25.2 Å². The van der Waals surface area contributed by atoms with Gasteiger partial charge in [-0.05, 0) is 31.0 Å². The minimum atomic E-state index is -0.900. The Morgan fingerprint density at radius 3 is 2.83 bits per heavy atom. The molecule has 5 heteroatoms. The minimum Gasteiger partial charge on any atom is -0.444 e. The van der Waals surface area contributed by atoms with Gasteiger partial charge in [0, 0.05) is 18.2 Å². The highest BCUT2D eigenvalue weighted by Gasteiger charge is 2.20. The maximum atomic E-state index is 13.1. The van der Waals surface area contributed by atoms with Gasteiger partial charge in [-0.2, -0.15) is 0 Å².